The standard InChI is InChI=1S/C6H12ClO5P/c7-1-6-13(10,11-4-2-8)12-5-3-9/h1,6,8-9H,2-5H2. The van der Waals surface area contributed by atoms with Gasteiger partial charge in [0.25, 0.3) is 0 Å². The van der Waals surface area contributed by atoms with Gasteiger partial charge in [0.05, 0.1) is 26.4 Å². The predicted octanol–water partition coefficient (Wildman–Crippen LogP) is 0.907. The summed E-state index contributed by atoms with van der Waals surface area (Å²) in [5.74, 6) is 1.06. The van der Waals surface area contributed by atoms with E-state index in [2.05, 4.69) is 0 Å². The van der Waals surface area contributed by atoms with Crippen LogP contribution in [0.3, 0.4) is 0 Å². The van der Waals surface area contributed by atoms with Crippen LogP contribution >= 0.6 is 19.2 Å². The maximum absolute atomic E-state index is 11.5. The Morgan fingerprint density at radius 2 is 1.69 bits per heavy atom. The molecule has 0 rings (SSSR count). The van der Waals surface area contributed by atoms with Crippen molar-refractivity contribution in [1.82, 2.24) is 0 Å². The molecule has 0 heterocycles. The number of rotatable bonds is 7. The summed E-state index contributed by atoms with van der Waals surface area (Å²) < 4.78 is 20.9. The summed E-state index contributed by atoms with van der Waals surface area (Å²) in [7, 11) is -3.38. The first-order valence-electron chi connectivity index (χ1n) is 3.57. The third-order valence-corrected chi connectivity index (χ3v) is 2.86. The lowest BCUT2D eigenvalue weighted by molar-refractivity contribution is 0.145. The first-order chi connectivity index (χ1) is 6.18. The first kappa shape index (κ1) is 13.1. The molecular weight excluding hydrogens is 218 g/mol. The van der Waals surface area contributed by atoms with Gasteiger partial charge in [-0.25, -0.2) is 0 Å². The van der Waals surface area contributed by atoms with Gasteiger partial charge < -0.3 is 19.3 Å². The molecular formula is C6H12ClO5P. The van der Waals surface area contributed by atoms with E-state index in [1.54, 1.807) is 0 Å². The second-order valence-corrected chi connectivity index (χ2v) is 4.07. The summed E-state index contributed by atoms with van der Waals surface area (Å²) >= 11 is 5.21. The minimum absolute atomic E-state index is 0.107. The van der Waals surface area contributed by atoms with Crippen molar-refractivity contribution in [3.05, 3.63) is 11.4 Å². The summed E-state index contributed by atoms with van der Waals surface area (Å²) in [6, 6.07) is 0. The molecule has 0 amide bonds. The molecule has 0 aliphatic carbocycles. The smallest absolute Gasteiger partial charge is 0.355 e. The van der Waals surface area contributed by atoms with Gasteiger partial charge in [-0.15, -0.1) is 0 Å². The van der Waals surface area contributed by atoms with E-state index in [-0.39, 0.29) is 26.4 Å². The van der Waals surface area contributed by atoms with Crippen LogP contribution in [-0.2, 0) is 13.6 Å². The van der Waals surface area contributed by atoms with Crippen LogP contribution in [-0.4, -0.2) is 36.6 Å². The molecule has 0 aromatic carbocycles. The van der Waals surface area contributed by atoms with Gasteiger partial charge in [0.15, 0.2) is 0 Å². The van der Waals surface area contributed by atoms with Crippen LogP contribution in [0, 0.1) is 0 Å². The Balaban J connectivity index is 4.08. The minimum atomic E-state index is -3.38. The van der Waals surface area contributed by atoms with E-state index < -0.39 is 7.60 Å². The van der Waals surface area contributed by atoms with Gasteiger partial charge in [0.2, 0.25) is 0 Å². The second-order valence-electron chi connectivity index (χ2n) is 1.93. The highest BCUT2D eigenvalue weighted by Gasteiger charge is 2.19. The van der Waals surface area contributed by atoms with Crippen LogP contribution in [0.5, 0.6) is 0 Å². The van der Waals surface area contributed by atoms with Crippen LogP contribution in [0.15, 0.2) is 11.4 Å². The molecule has 0 spiro atoms. The van der Waals surface area contributed by atoms with E-state index in [9.17, 15) is 4.57 Å². The summed E-state index contributed by atoms with van der Waals surface area (Å²) in [6.07, 6.45) is 0. The number of hydrogen-bond donors (Lipinski definition) is 2. The highest BCUT2D eigenvalue weighted by atomic mass is 35.5. The van der Waals surface area contributed by atoms with E-state index in [0.717, 1.165) is 11.4 Å². The van der Waals surface area contributed by atoms with Crippen LogP contribution in [0.2, 0.25) is 0 Å². The van der Waals surface area contributed by atoms with Crippen molar-refractivity contribution in [3.8, 4) is 0 Å². The maximum atomic E-state index is 11.5. The van der Waals surface area contributed by atoms with Crippen LogP contribution < -0.4 is 0 Å². The SMILES string of the molecule is O=P(C=CCl)(OCCO)OCCO. The van der Waals surface area contributed by atoms with Crippen molar-refractivity contribution in [2.75, 3.05) is 26.4 Å². The summed E-state index contributed by atoms with van der Waals surface area (Å²) in [6.45, 7) is -0.737. The highest BCUT2D eigenvalue weighted by Crippen LogP contribution is 2.49. The number of hydrogen-bond acceptors (Lipinski definition) is 5. The van der Waals surface area contributed by atoms with Crippen molar-refractivity contribution in [2.24, 2.45) is 0 Å². The summed E-state index contributed by atoms with van der Waals surface area (Å²) in [5, 5.41) is 16.8. The summed E-state index contributed by atoms with van der Waals surface area (Å²) in [5.41, 5.74) is 1.01. The van der Waals surface area contributed by atoms with E-state index in [4.69, 9.17) is 30.9 Å². The van der Waals surface area contributed by atoms with Crippen molar-refractivity contribution in [1.29, 1.82) is 0 Å². The highest BCUT2D eigenvalue weighted by molar-refractivity contribution is 7.57. The Morgan fingerprint density at radius 3 is 2.00 bits per heavy atom. The second kappa shape index (κ2) is 7.50. The molecule has 0 fully saturated rings. The Kier molecular flexibility index (Phi) is 7.56. The maximum Gasteiger partial charge on any atom is 0.355 e. The third-order valence-electron chi connectivity index (χ3n) is 0.964. The average Bonchev–Trinajstić information content (AvgIpc) is 2.12. The largest absolute Gasteiger partial charge is 0.394 e. The Labute approximate surface area is 81.5 Å². The zero-order valence-electron chi connectivity index (χ0n) is 6.93. The molecule has 0 atom stereocenters. The van der Waals surface area contributed by atoms with Crippen molar-refractivity contribution in [3.63, 3.8) is 0 Å². The van der Waals surface area contributed by atoms with E-state index in [0.29, 0.717) is 0 Å². The summed E-state index contributed by atoms with van der Waals surface area (Å²) in [4.78, 5) is 0. The van der Waals surface area contributed by atoms with E-state index in [1.807, 2.05) is 0 Å². The fourth-order valence-corrected chi connectivity index (χ4v) is 2.00. The van der Waals surface area contributed by atoms with Gasteiger partial charge in [-0.3, -0.25) is 4.57 Å². The first-order valence-corrected chi connectivity index (χ1v) is 5.62. The molecule has 7 heteroatoms. The van der Waals surface area contributed by atoms with Crippen molar-refractivity contribution in [2.45, 2.75) is 0 Å². The fraction of sp³-hybridized carbons (Fsp3) is 0.667. The van der Waals surface area contributed by atoms with Crippen molar-refractivity contribution < 1.29 is 23.8 Å². The van der Waals surface area contributed by atoms with E-state index >= 15 is 0 Å². The molecule has 5 nitrogen and oxygen atoms in total. The lowest BCUT2D eigenvalue weighted by Crippen LogP contribution is -2.02. The number of aliphatic hydroxyl groups excluding tert-OH is 2. The molecule has 0 aliphatic rings. The quantitative estimate of drug-likeness (QED) is 0.636. The van der Waals surface area contributed by atoms with Crippen LogP contribution in [0.4, 0.5) is 0 Å². The van der Waals surface area contributed by atoms with Gasteiger partial charge >= 0.3 is 7.60 Å². The average molecular weight is 231 g/mol. The molecule has 0 bridgehead atoms. The Morgan fingerprint density at radius 1 is 1.23 bits per heavy atom. The number of aliphatic hydroxyl groups is 2. The molecule has 0 radical (unpaired) electrons. The van der Waals surface area contributed by atoms with Crippen LogP contribution in [0.1, 0.15) is 0 Å². The molecule has 0 aliphatic heterocycles. The molecule has 2 N–H and O–H groups in total. The zero-order chi connectivity index (χ0) is 10.2. The zero-order valence-corrected chi connectivity index (χ0v) is 8.58. The monoisotopic (exact) mass is 230 g/mol. The molecule has 0 saturated heterocycles. The predicted molar refractivity (Wildman–Crippen MR) is 48.7 cm³/mol. The van der Waals surface area contributed by atoms with Gasteiger partial charge in [-0.1, -0.05) is 11.6 Å². The van der Waals surface area contributed by atoms with E-state index in [1.165, 1.54) is 0 Å². The van der Waals surface area contributed by atoms with Gasteiger partial charge in [-0.2, -0.15) is 0 Å². The lowest BCUT2D eigenvalue weighted by atomic mass is 10.8. The van der Waals surface area contributed by atoms with Crippen molar-refractivity contribution >= 4 is 19.2 Å². The van der Waals surface area contributed by atoms with Crippen LogP contribution in [0.25, 0.3) is 0 Å². The minimum Gasteiger partial charge on any atom is -0.394 e. The Hall–Kier alpha value is 0.1000. The van der Waals surface area contributed by atoms with Gasteiger partial charge in [0.1, 0.15) is 0 Å². The molecule has 78 valence electrons. The topological polar surface area (TPSA) is 76.0 Å². The molecule has 13 heavy (non-hydrogen) atoms. The molecule has 0 unspecified atom stereocenters. The Bertz CT molecular complexity index is 183. The van der Waals surface area contributed by atoms with Gasteiger partial charge in [0, 0.05) is 11.4 Å². The fourth-order valence-electron chi connectivity index (χ4n) is 0.528. The number of halogens is 1. The molecule has 0 saturated carbocycles. The third kappa shape index (κ3) is 6.21. The molecule has 0 aromatic rings. The molecule has 0 aromatic heterocycles. The lowest BCUT2D eigenvalue weighted by Gasteiger charge is -2.12. The van der Waals surface area contributed by atoms with Gasteiger partial charge in [-0.05, 0) is 0 Å². The normalized spacial score (nSPS) is 12.5.